The van der Waals surface area contributed by atoms with Gasteiger partial charge in [-0.15, -0.1) is 0 Å². The van der Waals surface area contributed by atoms with Gasteiger partial charge >= 0.3 is 53.7 Å². The minimum Gasteiger partial charge on any atom is -0.462 e. The fourth-order valence-corrected chi connectivity index (χ4v) is 16.6. The van der Waals surface area contributed by atoms with Gasteiger partial charge in [0.05, 0.1) is 0 Å². The molecule has 0 aliphatic heterocycles. The maximum atomic E-state index is 13.1. The van der Waals surface area contributed by atoms with Crippen molar-refractivity contribution in [3.63, 3.8) is 0 Å². The Bertz CT molecular complexity index is 3160. The smallest absolute Gasteiger partial charge is 0.330 e. The van der Waals surface area contributed by atoms with Crippen LogP contribution in [0.2, 0.25) is 0 Å². The van der Waals surface area contributed by atoms with Crippen molar-refractivity contribution >= 4 is 53.7 Å². The van der Waals surface area contributed by atoms with Crippen LogP contribution in [0.5, 0.6) is 0 Å². The standard InChI is InChI=1S/C66H112O12.C57H100O6/c1-7-13-15-17-19-23-27-33-40-49-59(77-63(69)12-6)51-42-37-45-54-66(72)78-60(55-73-64(70)52-43-35-29-25-22-20-21-24-28-32-38-47-57(46-9-3)75-61(67)10-4)56-74-65(71)53-44-36-30-34-41-50-58(76-62(68)11-5)48-39-31-26-18-16-14-8-2;1-4-7-10-13-16-19-22-25-28-31-34-37-40-43-46-49-55(58)61-52-54(63-57(60)51-48-45-42-39-36-33-30-27-24-21-18-15-12-9-6-3)53-62-56(59)50-47-44-41-38-35-32-29-26-23-20-17-14-11-8-5-2/h10-12,23-24,27-28,57-60H,4-9,13-22,25-26,29-56H2,1-3H3;10,13,21-22,24-25,29,32,36,39,54H,4-9,11-12,14-20,23,26-28,30-31,33-35,37-38,40-53H2,1-3H3/b27-23+,28-24+;13-10+,24-21+,25-22+,32-29+,39-36+. The second kappa shape index (κ2) is 111. The Balaban J connectivity index is 0. The second-order valence-electron chi connectivity index (χ2n) is 38.9. The van der Waals surface area contributed by atoms with E-state index >= 15 is 0 Å². The maximum Gasteiger partial charge on any atom is 0.330 e. The lowest BCUT2D eigenvalue weighted by atomic mass is 10.0. The van der Waals surface area contributed by atoms with E-state index in [9.17, 15) is 43.2 Å². The molecule has 18 heteroatoms. The van der Waals surface area contributed by atoms with E-state index in [0.717, 1.165) is 263 Å². The molecule has 0 amide bonds. The van der Waals surface area contributed by atoms with Gasteiger partial charge in [0.25, 0.3) is 0 Å². The first-order valence-corrected chi connectivity index (χ1v) is 58.1. The van der Waals surface area contributed by atoms with Crippen LogP contribution in [0.25, 0.3) is 0 Å². The molecule has 0 heterocycles. The first-order valence-electron chi connectivity index (χ1n) is 58.1. The second-order valence-corrected chi connectivity index (χ2v) is 38.9. The molecule has 0 saturated carbocycles. The van der Waals surface area contributed by atoms with Crippen molar-refractivity contribution in [1.29, 1.82) is 0 Å². The Labute approximate surface area is 863 Å². The molecule has 0 saturated heterocycles. The van der Waals surface area contributed by atoms with Crippen LogP contribution < -0.4 is 0 Å². The zero-order chi connectivity index (χ0) is 103. The summed E-state index contributed by atoms with van der Waals surface area (Å²) >= 11 is 0. The molecule has 0 radical (unpaired) electrons. The zero-order valence-corrected chi connectivity index (χ0v) is 91.4. The quantitative estimate of drug-likeness (QED) is 0.0181. The third-order valence-corrected chi connectivity index (χ3v) is 25.3. The number of carbonyl (C=O) groups excluding carboxylic acids is 9. The number of unbranched alkanes of at least 4 members (excludes halogenated alkanes) is 51. The van der Waals surface area contributed by atoms with Gasteiger partial charge in [-0.1, -0.05) is 365 Å². The molecule has 0 aliphatic carbocycles. The molecule has 5 unspecified atom stereocenters. The first kappa shape index (κ1) is 136. The fraction of sp³-hybridized carbons (Fsp3) is 0.764. The van der Waals surface area contributed by atoms with E-state index in [-0.39, 0.29) is 106 Å². The summed E-state index contributed by atoms with van der Waals surface area (Å²) in [5.41, 5.74) is 0. The molecule has 812 valence electrons. The lowest BCUT2D eigenvalue weighted by Gasteiger charge is -2.19. The molecule has 141 heavy (non-hydrogen) atoms. The Hall–Kier alpha value is -7.37. The number of ether oxygens (including phenoxy) is 9. The molecule has 0 aromatic carbocycles. The molecule has 18 nitrogen and oxygen atoms in total. The van der Waals surface area contributed by atoms with Gasteiger partial charge < -0.3 is 42.6 Å². The van der Waals surface area contributed by atoms with E-state index < -0.39 is 30.1 Å². The van der Waals surface area contributed by atoms with Crippen molar-refractivity contribution in [2.24, 2.45) is 0 Å². The van der Waals surface area contributed by atoms with Crippen molar-refractivity contribution in [3.8, 4) is 0 Å². The molecule has 5 atom stereocenters. The highest BCUT2D eigenvalue weighted by Crippen LogP contribution is 2.23. The summed E-state index contributed by atoms with van der Waals surface area (Å²) in [6.07, 6.45) is 113. The molecule has 0 fully saturated rings. The van der Waals surface area contributed by atoms with E-state index in [1.54, 1.807) is 0 Å². The summed E-state index contributed by atoms with van der Waals surface area (Å²) in [6.45, 7) is 23.3. The minimum absolute atomic E-state index is 0.0420. The molecule has 0 aliphatic rings. The Morgan fingerprint density at radius 3 is 0.631 bits per heavy atom. The first-order chi connectivity index (χ1) is 69.0. The van der Waals surface area contributed by atoms with Crippen molar-refractivity contribution in [2.75, 3.05) is 26.4 Å². The highest BCUT2D eigenvalue weighted by atomic mass is 16.6. The summed E-state index contributed by atoms with van der Waals surface area (Å²) in [6, 6.07) is 0. The Morgan fingerprint density at radius 1 is 0.170 bits per heavy atom. The van der Waals surface area contributed by atoms with Gasteiger partial charge in [-0.3, -0.25) is 28.8 Å². The van der Waals surface area contributed by atoms with Crippen LogP contribution in [0.1, 0.15) is 549 Å². The van der Waals surface area contributed by atoms with Crippen LogP contribution in [0.15, 0.2) is 123 Å². The van der Waals surface area contributed by atoms with E-state index in [0.29, 0.717) is 38.5 Å². The summed E-state index contributed by atoms with van der Waals surface area (Å²) in [5, 5.41) is 0. The van der Waals surface area contributed by atoms with Crippen LogP contribution in [-0.4, -0.2) is 111 Å². The molecular weight excluding hydrogens is 1770 g/mol. The van der Waals surface area contributed by atoms with Crippen molar-refractivity contribution in [3.05, 3.63) is 123 Å². The van der Waals surface area contributed by atoms with Gasteiger partial charge in [0.1, 0.15) is 44.7 Å². The number of carbonyl (C=O) groups is 9. The third-order valence-electron chi connectivity index (χ3n) is 25.3. The molecular formula is C123H212O18. The predicted molar refractivity (Wildman–Crippen MR) is 587 cm³/mol. The van der Waals surface area contributed by atoms with E-state index in [4.69, 9.17) is 42.6 Å². The average Bonchev–Trinajstić information content (AvgIpc) is 0.932. The number of esters is 9. The van der Waals surface area contributed by atoms with Gasteiger partial charge in [-0.05, 0) is 250 Å². The Morgan fingerprint density at radius 2 is 0.362 bits per heavy atom. The van der Waals surface area contributed by atoms with Crippen molar-refractivity contribution < 1.29 is 85.8 Å². The molecule has 0 bridgehead atoms. The maximum absolute atomic E-state index is 13.1. The van der Waals surface area contributed by atoms with Gasteiger partial charge in [-0.2, -0.15) is 0 Å². The molecule has 0 rings (SSSR count). The van der Waals surface area contributed by atoms with E-state index in [2.05, 4.69) is 146 Å². The van der Waals surface area contributed by atoms with Gasteiger partial charge in [0.15, 0.2) is 12.2 Å². The topological polar surface area (TPSA) is 237 Å². The Kier molecular flexibility index (Phi) is 107. The number of allylic oxidation sites excluding steroid dienone is 14. The summed E-state index contributed by atoms with van der Waals surface area (Å²) in [5.74, 6) is -3.30. The summed E-state index contributed by atoms with van der Waals surface area (Å²) in [7, 11) is 0. The fourth-order valence-electron chi connectivity index (χ4n) is 16.6. The van der Waals surface area contributed by atoms with Crippen molar-refractivity contribution in [2.45, 2.75) is 579 Å². The largest absolute Gasteiger partial charge is 0.462 e. The van der Waals surface area contributed by atoms with Crippen LogP contribution >= 0.6 is 0 Å². The lowest BCUT2D eigenvalue weighted by Crippen LogP contribution is -2.30. The van der Waals surface area contributed by atoms with Gasteiger partial charge in [0, 0.05) is 56.8 Å². The van der Waals surface area contributed by atoms with E-state index in [1.807, 2.05) is 0 Å². The zero-order valence-electron chi connectivity index (χ0n) is 91.4. The van der Waals surface area contributed by atoms with Gasteiger partial charge in [-0.25, -0.2) is 14.4 Å². The van der Waals surface area contributed by atoms with E-state index in [1.165, 1.54) is 198 Å². The monoisotopic (exact) mass is 1980 g/mol. The highest BCUT2D eigenvalue weighted by Gasteiger charge is 2.23. The van der Waals surface area contributed by atoms with Crippen LogP contribution in [0.4, 0.5) is 0 Å². The molecule has 0 aromatic heterocycles. The van der Waals surface area contributed by atoms with Crippen molar-refractivity contribution in [1.82, 2.24) is 0 Å². The molecule has 0 aromatic rings. The number of hydrogen-bond donors (Lipinski definition) is 0. The molecule has 0 spiro atoms. The third kappa shape index (κ3) is 105. The minimum atomic E-state index is -0.920. The highest BCUT2D eigenvalue weighted by molar-refractivity contribution is 5.82. The summed E-state index contributed by atoms with van der Waals surface area (Å²) < 4.78 is 50.4. The van der Waals surface area contributed by atoms with Crippen LogP contribution in [0.3, 0.4) is 0 Å². The van der Waals surface area contributed by atoms with Crippen LogP contribution in [0, 0.1) is 0 Å². The SMILES string of the molecule is C=CC(=O)OC(CCC)CCC/C=C/CCCCCCCCC(=O)OCC(COC(=O)CCCCCCCC(CCCCCCCCC)OC(=O)C=C)OC(=O)CCCCCC(CCC/C=C/CCCCCC)OC(=O)C=C.CCC/C=C/CC/C=C/CCCCCCCCC(=O)OCC(COC(=O)CCCCCC/C=C/CCCCCCCCC)OC(=O)CCCC/C=C/CCC/C=C/CCCCCC. The molecule has 0 N–H and O–H groups in total. The predicted octanol–water partition coefficient (Wildman–Crippen LogP) is 35.1. The summed E-state index contributed by atoms with van der Waals surface area (Å²) in [4.78, 5) is 112. The lowest BCUT2D eigenvalue weighted by molar-refractivity contribution is -0.167. The van der Waals surface area contributed by atoms with Gasteiger partial charge in [0.2, 0.25) is 0 Å². The average molecular weight is 1980 g/mol. The normalized spacial score (nSPS) is 12.7. The number of rotatable bonds is 105. The van der Waals surface area contributed by atoms with Crippen LogP contribution in [-0.2, 0) is 85.8 Å². The number of hydrogen-bond acceptors (Lipinski definition) is 18.